The first-order valence-corrected chi connectivity index (χ1v) is 5.38. The van der Waals surface area contributed by atoms with Crippen molar-refractivity contribution in [2.24, 2.45) is 5.92 Å². The van der Waals surface area contributed by atoms with Crippen LogP contribution in [0, 0.1) is 5.92 Å². The van der Waals surface area contributed by atoms with Crippen LogP contribution in [0.5, 0.6) is 0 Å². The Morgan fingerprint density at radius 1 is 1.33 bits per heavy atom. The van der Waals surface area contributed by atoms with Crippen LogP contribution in [0.2, 0.25) is 0 Å². The molecule has 1 aliphatic rings. The van der Waals surface area contributed by atoms with Crippen molar-refractivity contribution in [1.82, 2.24) is 10.6 Å². The van der Waals surface area contributed by atoms with Gasteiger partial charge in [0, 0.05) is 19.0 Å². The highest BCUT2D eigenvalue weighted by atomic mass is 16.5. The molecule has 86 valence electrons. The van der Waals surface area contributed by atoms with Gasteiger partial charge in [0.25, 0.3) is 0 Å². The lowest BCUT2D eigenvalue weighted by Crippen LogP contribution is -2.35. The third-order valence-electron chi connectivity index (χ3n) is 2.12. The first-order chi connectivity index (χ1) is 7.24. The quantitative estimate of drug-likeness (QED) is 0.449. The Kier molecular flexibility index (Phi) is 5.10. The minimum atomic E-state index is -0.258. The van der Waals surface area contributed by atoms with E-state index < -0.39 is 0 Å². The topological polar surface area (TPSA) is 67.4 Å². The summed E-state index contributed by atoms with van der Waals surface area (Å²) < 4.78 is 4.73. The van der Waals surface area contributed by atoms with E-state index in [0.717, 1.165) is 12.8 Å². The van der Waals surface area contributed by atoms with E-state index in [1.165, 1.54) is 0 Å². The largest absolute Gasteiger partial charge is 0.465 e. The van der Waals surface area contributed by atoms with E-state index in [4.69, 9.17) is 4.74 Å². The van der Waals surface area contributed by atoms with Gasteiger partial charge in [0.15, 0.2) is 0 Å². The molecule has 1 amide bonds. The average Bonchev–Trinajstić information content (AvgIpc) is 3.00. The van der Waals surface area contributed by atoms with Gasteiger partial charge in [-0.1, -0.05) is 0 Å². The van der Waals surface area contributed by atoms with Crippen molar-refractivity contribution >= 4 is 11.9 Å². The number of hydrogen-bond donors (Lipinski definition) is 2. The maximum atomic E-state index is 11.2. The minimum Gasteiger partial charge on any atom is -0.465 e. The third-order valence-corrected chi connectivity index (χ3v) is 2.12. The molecule has 0 atom stereocenters. The van der Waals surface area contributed by atoms with Crippen LogP contribution in [0.15, 0.2) is 0 Å². The maximum Gasteiger partial charge on any atom is 0.319 e. The lowest BCUT2D eigenvalue weighted by atomic mass is 10.4. The van der Waals surface area contributed by atoms with Crippen molar-refractivity contribution < 1.29 is 14.3 Å². The van der Waals surface area contributed by atoms with Gasteiger partial charge in [-0.05, 0) is 19.8 Å². The molecule has 0 aliphatic heterocycles. The normalized spacial score (nSPS) is 14.7. The van der Waals surface area contributed by atoms with Gasteiger partial charge >= 0.3 is 5.97 Å². The lowest BCUT2D eigenvalue weighted by molar-refractivity contribution is -0.141. The molecule has 15 heavy (non-hydrogen) atoms. The Morgan fingerprint density at radius 3 is 2.67 bits per heavy atom. The highest BCUT2D eigenvalue weighted by Gasteiger charge is 2.28. The van der Waals surface area contributed by atoms with E-state index in [1.54, 1.807) is 6.92 Å². The van der Waals surface area contributed by atoms with Crippen molar-refractivity contribution in [3.63, 3.8) is 0 Å². The summed E-state index contributed by atoms with van der Waals surface area (Å²) in [5, 5.41) is 5.69. The van der Waals surface area contributed by atoms with Gasteiger partial charge in [0.2, 0.25) is 5.91 Å². The van der Waals surface area contributed by atoms with Crippen LogP contribution in [0.4, 0.5) is 0 Å². The summed E-state index contributed by atoms with van der Waals surface area (Å²) in [6.07, 6.45) is 2.03. The Balaban J connectivity index is 1.88. The number of ether oxygens (including phenoxy) is 1. The van der Waals surface area contributed by atoms with Crippen LogP contribution in [-0.4, -0.2) is 38.1 Å². The summed E-state index contributed by atoms with van der Waals surface area (Å²) in [7, 11) is 0. The van der Waals surface area contributed by atoms with Gasteiger partial charge in [0.1, 0.15) is 0 Å². The van der Waals surface area contributed by atoms with Crippen molar-refractivity contribution in [2.75, 3.05) is 26.2 Å². The van der Waals surface area contributed by atoms with Crippen LogP contribution in [-0.2, 0) is 14.3 Å². The molecule has 1 rings (SSSR count). The fourth-order valence-corrected chi connectivity index (χ4v) is 1.17. The molecule has 0 unspecified atom stereocenters. The number of rotatable bonds is 7. The first-order valence-electron chi connectivity index (χ1n) is 5.38. The summed E-state index contributed by atoms with van der Waals surface area (Å²) in [4.78, 5) is 22.1. The first kappa shape index (κ1) is 12.0. The molecule has 1 aliphatic carbocycles. The molecule has 0 spiro atoms. The summed E-state index contributed by atoms with van der Waals surface area (Å²) in [5.74, 6) is 0.119. The molecule has 0 aromatic rings. The average molecular weight is 214 g/mol. The molecule has 2 N–H and O–H groups in total. The highest BCUT2D eigenvalue weighted by molar-refractivity contribution is 5.80. The summed E-state index contributed by atoms with van der Waals surface area (Å²) in [5.41, 5.74) is 0. The molecule has 1 saturated carbocycles. The smallest absolute Gasteiger partial charge is 0.319 e. The Hall–Kier alpha value is -1.10. The lowest BCUT2D eigenvalue weighted by Gasteiger charge is -2.05. The van der Waals surface area contributed by atoms with Crippen molar-refractivity contribution in [1.29, 1.82) is 0 Å². The van der Waals surface area contributed by atoms with Crippen LogP contribution in [0.25, 0.3) is 0 Å². The van der Waals surface area contributed by atoms with E-state index >= 15 is 0 Å². The molecule has 0 heterocycles. The molecular weight excluding hydrogens is 196 g/mol. The standard InChI is InChI=1S/C10H18N2O3/c1-2-15-9(13)7-11-5-6-12-10(14)8-3-4-8/h8,11H,2-7H2,1H3,(H,12,14). The molecule has 5 heteroatoms. The Labute approximate surface area is 89.6 Å². The minimum absolute atomic E-state index is 0.132. The van der Waals surface area contributed by atoms with Gasteiger partial charge in [-0.2, -0.15) is 0 Å². The number of esters is 1. The van der Waals surface area contributed by atoms with Gasteiger partial charge in [-0.15, -0.1) is 0 Å². The molecule has 0 saturated heterocycles. The predicted octanol–water partition coefficient (Wildman–Crippen LogP) is -0.335. The van der Waals surface area contributed by atoms with Crippen LogP contribution in [0.1, 0.15) is 19.8 Å². The second-order valence-corrected chi connectivity index (χ2v) is 3.55. The van der Waals surface area contributed by atoms with Crippen molar-refractivity contribution in [2.45, 2.75) is 19.8 Å². The second-order valence-electron chi connectivity index (χ2n) is 3.55. The maximum absolute atomic E-state index is 11.2. The highest BCUT2D eigenvalue weighted by Crippen LogP contribution is 2.28. The zero-order chi connectivity index (χ0) is 11.1. The predicted molar refractivity (Wildman–Crippen MR) is 55.2 cm³/mol. The number of hydrogen-bond acceptors (Lipinski definition) is 4. The number of nitrogens with one attached hydrogen (secondary N) is 2. The van der Waals surface area contributed by atoms with E-state index in [2.05, 4.69) is 10.6 Å². The van der Waals surface area contributed by atoms with Gasteiger partial charge in [-0.3, -0.25) is 9.59 Å². The second kappa shape index (κ2) is 6.40. The van der Waals surface area contributed by atoms with E-state index in [9.17, 15) is 9.59 Å². The van der Waals surface area contributed by atoms with Gasteiger partial charge in [-0.25, -0.2) is 0 Å². The molecular formula is C10H18N2O3. The molecule has 0 radical (unpaired) electrons. The summed E-state index contributed by atoms with van der Waals surface area (Å²) in [6.45, 7) is 3.53. The van der Waals surface area contributed by atoms with Gasteiger partial charge < -0.3 is 15.4 Å². The van der Waals surface area contributed by atoms with E-state index in [0.29, 0.717) is 19.7 Å². The molecule has 5 nitrogen and oxygen atoms in total. The fourth-order valence-electron chi connectivity index (χ4n) is 1.17. The Bertz CT molecular complexity index is 227. The van der Waals surface area contributed by atoms with Crippen LogP contribution >= 0.6 is 0 Å². The van der Waals surface area contributed by atoms with Gasteiger partial charge in [0.05, 0.1) is 13.2 Å². The number of carbonyl (C=O) groups is 2. The van der Waals surface area contributed by atoms with Crippen LogP contribution < -0.4 is 10.6 Å². The van der Waals surface area contributed by atoms with Crippen molar-refractivity contribution in [3.05, 3.63) is 0 Å². The molecule has 0 aromatic carbocycles. The summed E-state index contributed by atoms with van der Waals surface area (Å²) in [6, 6.07) is 0. The van der Waals surface area contributed by atoms with E-state index in [-0.39, 0.29) is 24.3 Å². The SMILES string of the molecule is CCOC(=O)CNCCNC(=O)C1CC1. The van der Waals surface area contributed by atoms with E-state index in [1.807, 2.05) is 0 Å². The Morgan fingerprint density at radius 2 is 2.07 bits per heavy atom. The number of carbonyl (C=O) groups excluding carboxylic acids is 2. The summed E-state index contributed by atoms with van der Waals surface area (Å²) >= 11 is 0. The zero-order valence-corrected chi connectivity index (χ0v) is 9.04. The van der Waals surface area contributed by atoms with Crippen LogP contribution in [0.3, 0.4) is 0 Å². The molecule has 1 fully saturated rings. The monoisotopic (exact) mass is 214 g/mol. The molecule has 0 aromatic heterocycles. The third kappa shape index (κ3) is 5.37. The molecule has 0 bridgehead atoms. The van der Waals surface area contributed by atoms with Crippen molar-refractivity contribution in [3.8, 4) is 0 Å². The zero-order valence-electron chi connectivity index (χ0n) is 9.04. The fraction of sp³-hybridized carbons (Fsp3) is 0.800. The number of amides is 1.